The second kappa shape index (κ2) is 7.24. The molecule has 1 aliphatic carbocycles. The molecule has 0 aromatic heterocycles. The molecule has 2 N–H and O–H groups in total. The first-order valence-electron chi connectivity index (χ1n) is 7.30. The van der Waals surface area contributed by atoms with E-state index in [2.05, 4.69) is 24.1 Å². The molecular formula is C17H20FNO2. The van der Waals surface area contributed by atoms with E-state index in [-0.39, 0.29) is 18.6 Å². The van der Waals surface area contributed by atoms with Crippen LogP contribution < -0.4 is 5.32 Å². The largest absolute Gasteiger partial charge is 0.384 e. The summed E-state index contributed by atoms with van der Waals surface area (Å²) in [7, 11) is 0. The smallest absolute Gasteiger partial charge is 0.252 e. The molecular weight excluding hydrogens is 269 g/mol. The Balaban J connectivity index is 2.14. The van der Waals surface area contributed by atoms with Crippen LogP contribution in [0.25, 0.3) is 0 Å². The minimum atomic E-state index is -0.444. The van der Waals surface area contributed by atoms with Crippen LogP contribution in [0, 0.1) is 23.6 Å². The van der Waals surface area contributed by atoms with Crippen LogP contribution in [0.2, 0.25) is 0 Å². The number of hydrogen-bond acceptors (Lipinski definition) is 2. The molecule has 3 nitrogen and oxygen atoms in total. The second-order valence-corrected chi connectivity index (χ2v) is 5.59. The first kappa shape index (κ1) is 15.5. The summed E-state index contributed by atoms with van der Waals surface area (Å²) in [5, 5.41) is 11.8. The highest BCUT2D eigenvalue weighted by Crippen LogP contribution is 2.24. The van der Waals surface area contributed by atoms with Crippen molar-refractivity contribution in [2.45, 2.75) is 38.6 Å². The average molecular weight is 289 g/mol. The van der Waals surface area contributed by atoms with E-state index >= 15 is 0 Å². The quantitative estimate of drug-likeness (QED) is 0.822. The predicted octanol–water partition coefficient (Wildman–Crippen LogP) is 2.48. The maximum Gasteiger partial charge on any atom is 0.252 e. The molecule has 1 aliphatic rings. The molecule has 112 valence electrons. The van der Waals surface area contributed by atoms with E-state index in [1.165, 1.54) is 24.6 Å². The van der Waals surface area contributed by atoms with Crippen molar-refractivity contribution in [1.82, 2.24) is 5.32 Å². The third-order valence-electron chi connectivity index (χ3n) is 3.80. The van der Waals surface area contributed by atoms with Crippen molar-refractivity contribution in [2.75, 3.05) is 6.61 Å². The van der Waals surface area contributed by atoms with E-state index in [0.29, 0.717) is 17.0 Å². The van der Waals surface area contributed by atoms with Crippen LogP contribution in [0.1, 0.15) is 48.5 Å². The van der Waals surface area contributed by atoms with E-state index in [1.807, 2.05) is 0 Å². The van der Waals surface area contributed by atoms with Crippen molar-refractivity contribution >= 4 is 5.91 Å². The third kappa shape index (κ3) is 4.30. The van der Waals surface area contributed by atoms with Crippen molar-refractivity contribution in [3.05, 3.63) is 35.1 Å². The van der Waals surface area contributed by atoms with Gasteiger partial charge >= 0.3 is 0 Å². The summed E-state index contributed by atoms with van der Waals surface area (Å²) < 4.78 is 13.3. The summed E-state index contributed by atoms with van der Waals surface area (Å²) in [6.07, 6.45) is 4.28. The maximum atomic E-state index is 13.3. The van der Waals surface area contributed by atoms with Crippen LogP contribution in [-0.2, 0) is 0 Å². The first-order valence-corrected chi connectivity index (χ1v) is 7.30. The number of rotatable bonds is 2. The Kier molecular flexibility index (Phi) is 5.35. The Morgan fingerprint density at radius 3 is 3.00 bits per heavy atom. The number of halogens is 1. The fraction of sp³-hybridized carbons (Fsp3) is 0.471. The lowest BCUT2D eigenvalue weighted by Gasteiger charge is -2.27. The molecule has 0 spiro atoms. The van der Waals surface area contributed by atoms with Gasteiger partial charge in [0, 0.05) is 11.6 Å². The molecule has 2 rings (SSSR count). The van der Waals surface area contributed by atoms with E-state index in [4.69, 9.17) is 5.11 Å². The van der Waals surface area contributed by atoms with Gasteiger partial charge in [-0.2, -0.15) is 0 Å². The molecule has 2 unspecified atom stereocenters. The van der Waals surface area contributed by atoms with Crippen LogP contribution in [0.4, 0.5) is 4.39 Å². The number of nitrogens with one attached hydrogen (secondary N) is 1. The van der Waals surface area contributed by atoms with E-state index in [1.54, 1.807) is 0 Å². The topological polar surface area (TPSA) is 49.3 Å². The molecule has 1 aromatic rings. The maximum absolute atomic E-state index is 13.3. The summed E-state index contributed by atoms with van der Waals surface area (Å²) in [6.45, 7) is 1.87. The molecule has 1 aromatic carbocycles. The van der Waals surface area contributed by atoms with Crippen molar-refractivity contribution in [3.8, 4) is 11.8 Å². The van der Waals surface area contributed by atoms with Gasteiger partial charge in [-0.1, -0.05) is 31.6 Å². The van der Waals surface area contributed by atoms with Gasteiger partial charge in [-0.3, -0.25) is 4.79 Å². The Morgan fingerprint density at radius 2 is 2.29 bits per heavy atom. The highest BCUT2D eigenvalue weighted by Gasteiger charge is 2.21. The van der Waals surface area contributed by atoms with E-state index < -0.39 is 5.82 Å². The van der Waals surface area contributed by atoms with Gasteiger partial charge in [0.15, 0.2) is 0 Å². The van der Waals surface area contributed by atoms with Crippen LogP contribution >= 0.6 is 0 Å². The molecule has 1 saturated carbocycles. The molecule has 0 saturated heterocycles. The highest BCUT2D eigenvalue weighted by atomic mass is 19.1. The van der Waals surface area contributed by atoms with E-state index in [0.717, 1.165) is 19.3 Å². The molecule has 4 heteroatoms. The van der Waals surface area contributed by atoms with Gasteiger partial charge in [-0.15, -0.1) is 0 Å². The number of aliphatic hydroxyl groups is 1. The van der Waals surface area contributed by atoms with Crippen LogP contribution in [0.5, 0.6) is 0 Å². The zero-order chi connectivity index (χ0) is 15.2. The number of benzene rings is 1. The van der Waals surface area contributed by atoms with Crippen LogP contribution in [0.3, 0.4) is 0 Å². The molecule has 2 atom stereocenters. The number of carbonyl (C=O) groups is 1. The van der Waals surface area contributed by atoms with Crippen molar-refractivity contribution in [1.29, 1.82) is 0 Å². The van der Waals surface area contributed by atoms with E-state index in [9.17, 15) is 9.18 Å². The highest BCUT2D eigenvalue weighted by molar-refractivity contribution is 5.96. The third-order valence-corrected chi connectivity index (χ3v) is 3.80. The van der Waals surface area contributed by atoms with Gasteiger partial charge in [0.1, 0.15) is 12.4 Å². The lowest BCUT2D eigenvalue weighted by Crippen LogP contribution is -2.38. The van der Waals surface area contributed by atoms with Gasteiger partial charge in [-0.25, -0.2) is 4.39 Å². The molecule has 0 heterocycles. The Hall–Kier alpha value is -1.86. The minimum Gasteiger partial charge on any atom is -0.384 e. The zero-order valence-electron chi connectivity index (χ0n) is 12.2. The first-order chi connectivity index (χ1) is 10.1. The van der Waals surface area contributed by atoms with Gasteiger partial charge in [0.2, 0.25) is 0 Å². The minimum absolute atomic E-state index is 0.171. The van der Waals surface area contributed by atoms with Gasteiger partial charge in [-0.05, 0) is 37.0 Å². The number of aliphatic hydroxyl groups excluding tert-OH is 1. The molecule has 0 bridgehead atoms. The van der Waals surface area contributed by atoms with Crippen molar-refractivity contribution in [3.63, 3.8) is 0 Å². The lowest BCUT2D eigenvalue weighted by atomic mass is 9.87. The standard InChI is InChI=1S/C17H20FNO2/c1-12-4-2-6-15(10-12)19-17(21)16-8-7-14(18)11-13(16)5-3-9-20/h7-8,11-12,15,20H,2,4,6,9-10H2,1H3,(H,19,21). The molecule has 0 radical (unpaired) electrons. The summed E-state index contributed by atoms with van der Waals surface area (Å²) in [5.74, 6) is 5.03. The van der Waals surface area contributed by atoms with Crippen molar-refractivity contribution < 1.29 is 14.3 Å². The fourth-order valence-corrected chi connectivity index (χ4v) is 2.78. The number of carbonyl (C=O) groups excluding carboxylic acids is 1. The molecule has 1 amide bonds. The molecule has 0 aliphatic heterocycles. The van der Waals surface area contributed by atoms with Crippen LogP contribution in [0.15, 0.2) is 18.2 Å². The molecule has 21 heavy (non-hydrogen) atoms. The zero-order valence-corrected chi connectivity index (χ0v) is 12.2. The van der Waals surface area contributed by atoms with Gasteiger partial charge in [0.05, 0.1) is 5.56 Å². The Morgan fingerprint density at radius 1 is 1.48 bits per heavy atom. The lowest BCUT2D eigenvalue weighted by molar-refractivity contribution is 0.0921. The Labute approximate surface area is 124 Å². The number of hydrogen-bond donors (Lipinski definition) is 2. The Bertz CT molecular complexity index is 574. The average Bonchev–Trinajstić information content (AvgIpc) is 2.45. The van der Waals surface area contributed by atoms with Gasteiger partial charge < -0.3 is 10.4 Å². The molecule has 1 fully saturated rings. The van der Waals surface area contributed by atoms with Crippen LogP contribution in [-0.4, -0.2) is 23.7 Å². The summed E-state index contributed by atoms with van der Waals surface area (Å²) in [4.78, 5) is 12.4. The second-order valence-electron chi connectivity index (χ2n) is 5.59. The predicted molar refractivity (Wildman–Crippen MR) is 79.3 cm³/mol. The fourth-order valence-electron chi connectivity index (χ4n) is 2.78. The summed E-state index contributed by atoms with van der Waals surface area (Å²) >= 11 is 0. The summed E-state index contributed by atoms with van der Waals surface area (Å²) in [6, 6.07) is 4.09. The monoisotopic (exact) mass is 289 g/mol. The normalized spacial score (nSPS) is 21.3. The summed E-state index contributed by atoms with van der Waals surface area (Å²) in [5.41, 5.74) is 0.668. The van der Waals surface area contributed by atoms with Gasteiger partial charge in [0.25, 0.3) is 5.91 Å². The SMILES string of the molecule is CC1CCCC(NC(=O)c2ccc(F)cc2C#CCO)C1. The van der Waals surface area contributed by atoms with Crippen molar-refractivity contribution in [2.24, 2.45) is 5.92 Å². The number of amides is 1.